The maximum atomic E-state index is 12.7. The first-order valence-corrected chi connectivity index (χ1v) is 6.64. The predicted molar refractivity (Wildman–Crippen MR) is 79.8 cm³/mol. The molecule has 0 aliphatic carbocycles. The fourth-order valence-electron chi connectivity index (χ4n) is 2.46. The summed E-state index contributed by atoms with van der Waals surface area (Å²) < 4.78 is 38.2. The summed E-state index contributed by atoms with van der Waals surface area (Å²) in [6.07, 6.45) is -4.00. The van der Waals surface area contributed by atoms with E-state index in [9.17, 15) is 18.0 Å². The van der Waals surface area contributed by atoms with Gasteiger partial charge in [0.05, 0.1) is 5.56 Å². The Morgan fingerprint density at radius 3 is 2.23 bits per heavy atom. The molecule has 0 N–H and O–H groups in total. The van der Waals surface area contributed by atoms with Crippen LogP contribution < -0.4 is 0 Å². The standard InChI is InChI=1S/C18H11F3O/c19-18(20,21)16-7-8-17(15(10-16)11-22)14-6-5-12-3-1-2-4-13(12)9-14/h1-11H. The van der Waals surface area contributed by atoms with Crippen LogP contribution in [0.15, 0.2) is 60.7 Å². The number of halogens is 3. The first-order chi connectivity index (χ1) is 10.5. The molecule has 0 aliphatic heterocycles. The van der Waals surface area contributed by atoms with E-state index in [4.69, 9.17) is 0 Å². The van der Waals surface area contributed by atoms with Crippen LogP contribution in [0.2, 0.25) is 0 Å². The molecule has 1 nitrogen and oxygen atoms in total. The van der Waals surface area contributed by atoms with Gasteiger partial charge in [-0.3, -0.25) is 4.79 Å². The minimum Gasteiger partial charge on any atom is -0.298 e. The molecule has 0 spiro atoms. The molecule has 110 valence electrons. The minimum atomic E-state index is -4.46. The summed E-state index contributed by atoms with van der Waals surface area (Å²) in [6, 6.07) is 16.5. The monoisotopic (exact) mass is 300 g/mol. The van der Waals surface area contributed by atoms with Gasteiger partial charge in [-0.15, -0.1) is 0 Å². The Hall–Kier alpha value is -2.62. The Bertz CT molecular complexity index is 850. The number of carbonyl (C=O) groups is 1. The number of hydrogen-bond donors (Lipinski definition) is 0. The Labute approximate surface area is 125 Å². The third-order valence-corrected chi connectivity index (χ3v) is 3.57. The van der Waals surface area contributed by atoms with Crippen molar-refractivity contribution >= 4 is 17.1 Å². The van der Waals surface area contributed by atoms with Gasteiger partial charge in [-0.05, 0) is 40.1 Å². The molecule has 0 heterocycles. The summed E-state index contributed by atoms with van der Waals surface area (Å²) in [5, 5.41) is 2.00. The molecule has 0 bridgehead atoms. The molecule has 0 radical (unpaired) electrons. The van der Waals surface area contributed by atoms with Gasteiger partial charge >= 0.3 is 6.18 Å². The van der Waals surface area contributed by atoms with E-state index in [0.717, 1.165) is 28.5 Å². The van der Waals surface area contributed by atoms with Crippen LogP contribution in [0.1, 0.15) is 15.9 Å². The van der Waals surface area contributed by atoms with Crippen molar-refractivity contribution in [1.29, 1.82) is 0 Å². The van der Waals surface area contributed by atoms with E-state index in [0.29, 0.717) is 11.8 Å². The summed E-state index contributed by atoms with van der Waals surface area (Å²) in [4.78, 5) is 11.2. The van der Waals surface area contributed by atoms with E-state index in [-0.39, 0.29) is 5.56 Å². The van der Waals surface area contributed by atoms with Crippen LogP contribution in [-0.2, 0) is 6.18 Å². The second-order valence-electron chi connectivity index (χ2n) is 4.98. The quantitative estimate of drug-likeness (QED) is 0.584. The van der Waals surface area contributed by atoms with Gasteiger partial charge in [0.2, 0.25) is 0 Å². The fourth-order valence-corrected chi connectivity index (χ4v) is 2.46. The molecule has 3 aromatic carbocycles. The highest BCUT2D eigenvalue weighted by molar-refractivity contribution is 5.92. The normalized spacial score (nSPS) is 11.6. The summed E-state index contributed by atoms with van der Waals surface area (Å²) >= 11 is 0. The van der Waals surface area contributed by atoms with Crippen LogP contribution in [0.3, 0.4) is 0 Å². The van der Waals surface area contributed by atoms with E-state index < -0.39 is 11.7 Å². The average Bonchev–Trinajstić information content (AvgIpc) is 2.53. The Balaban J connectivity index is 2.15. The van der Waals surface area contributed by atoms with Crippen molar-refractivity contribution in [2.24, 2.45) is 0 Å². The number of fused-ring (bicyclic) bond motifs is 1. The van der Waals surface area contributed by atoms with Gasteiger partial charge < -0.3 is 0 Å². The molecule has 22 heavy (non-hydrogen) atoms. The first kappa shape index (κ1) is 14.3. The van der Waals surface area contributed by atoms with Crippen LogP contribution in [0.4, 0.5) is 13.2 Å². The van der Waals surface area contributed by atoms with Crippen LogP contribution in [0.5, 0.6) is 0 Å². The van der Waals surface area contributed by atoms with Crippen LogP contribution in [-0.4, -0.2) is 6.29 Å². The molecule has 0 amide bonds. The Kier molecular flexibility index (Phi) is 3.45. The largest absolute Gasteiger partial charge is 0.416 e. The Morgan fingerprint density at radius 2 is 1.55 bits per heavy atom. The third-order valence-electron chi connectivity index (χ3n) is 3.57. The summed E-state index contributed by atoms with van der Waals surface area (Å²) in [7, 11) is 0. The van der Waals surface area contributed by atoms with Gasteiger partial charge in [0, 0.05) is 5.56 Å². The number of hydrogen-bond acceptors (Lipinski definition) is 1. The van der Waals surface area contributed by atoms with E-state index >= 15 is 0 Å². The maximum Gasteiger partial charge on any atom is 0.416 e. The molecule has 3 aromatic rings. The van der Waals surface area contributed by atoms with E-state index in [1.807, 2.05) is 36.4 Å². The number of benzene rings is 3. The zero-order valence-electron chi connectivity index (χ0n) is 11.4. The van der Waals surface area contributed by atoms with Crippen molar-refractivity contribution in [2.45, 2.75) is 6.18 Å². The molecule has 4 heteroatoms. The molecule has 0 unspecified atom stereocenters. The van der Waals surface area contributed by atoms with Gasteiger partial charge in [-0.1, -0.05) is 42.5 Å². The first-order valence-electron chi connectivity index (χ1n) is 6.64. The van der Waals surface area contributed by atoms with Gasteiger partial charge in [0.15, 0.2) is 6.29 Å². The van der Waals surface area contributed by atoms with Crippen molar-refractivity contribution in [3.63, 3.8) is 0 Å². The summed E-state index contributed by atoms with van der Waals surface area (Å²) in [5.74, 6) is 0. The van der Waals surface area contributed by atoms with Crippen molar-refractivity contribution in [3.8, 4) is 11.1 Å². The molecular weight excluding hydrogens is 289 g/mol. The van der Waals surface area contributed by atoms with Gasteiger partial charge in [-0.25, -0.2) is 0 Å². The van der Waals surface area contributed by atoms with Crippen molar-refractivity contribution in [1.82, 2.24) is 0 Å². The molecular formula is C18H11F3O. The Morgan fingerprint density at radius 1 is 0.818 bits per heavy atom. The smallest absolute Gasteiger partial charge is 0.298 e. The zero-order chi connectivity index (χ0) is 15.7. The molecule has 3 rings (SSSR count). The zero-order valence-corrected chi connectivity index (χ0v) is 11.4. The lowest BCUT2D eigenvalue weighted by Gasteiger charge is -2.11. The number of alkyl halides is 3. The number of aldehydes is 1. The fraction of sp³-hybridized carbons (Fsp3) is 0.0556. The number of rotatable bonds is 2. The minimum absolute atomic E-state index is 0.0325. The van der Waals surface area contributed by atoms with Crippen molar-refractivity contribution in [3.05, 3.63) is 71.8 Å². The van der Waals surface area contributed by atoms with Crippen LogP contribution in [0.25, 0.3) is 21.9 Å². The third kappa shape index (κ3) is 2.60. The van der Waals surface area contributed by atoms with Crippen LogP contribution >= 0.6 is 0 Å². The van der Waals surface area contributed by atoms with E-state index in [2.05, 4.69) is 0 Å². The lowest BCUT2D eigenvalue weighted by atomic mass is 9.96. The van der Waals surface area contributed by atoms with Gasteiger partial charge in [0.1, 0.15) is 0 Å². The molecule has 0 aliphatic rings. The highest BCUT2D eigenvalue weighted by Crippen LogP contribution is 2.33. The highest BCUT2D eigenvalue weighted by Gasteiger charge is 2.31. The SMILES string of the molecule is O=Cc1cc(C(F)(F)F)ccc1-c1ccc2ccccc2c1. The molecule has 0 aromatic heterocycles. The molecule has 0 fully saturated rings. The van der Waals surface area contributed by atoms with E-state index in [1.54, 1.807) is 6.07 Å². The lowest BCUT2D eigenvalue weighted by molar-refractivity contribution is -0.137. The molecule has 0 saturated carbocycles. The number of carbonyl (C=O) groups excluding carboxylic acids is 1. The molecule has 0 atom stereocenters. The van der Waals surface area contributed by atoms with Crippen molar-refractivity contribution in [2.75, 3.05) is 0 Å². The molecule has 0 saturated heterocycles. The second-order valence-corrected chi connectivity index (χ2v) is 4.98. The summed E-state index contributed by atoms with van der Waals surface area (Å²) in [6.45, 7) is 0. The van der Waals surface area contributed by atoms with Crippen molar-refractivity contribution < 1.29 is 18.0 Å². The van der Waals surface area contributed by atoms with E-state index in [1.165, 1.54) is 6.07 Å². The summed E-state index contributed by atoms with van der Waals surface area (Å²) in [5.41, 5.74) is 0.424. The van der Waals surface area contributed by atoms with Gasteiger partial charge in [0.25, 0.3) is 0 Å². The maximum absolute atomic E-state index is 12.7. The van der Waals surface area contributed by atoms with Crippen LogP contribution in [0, 0.1) is 0 Å². The van der Waals surface area contributed by atoms with Gasteiger partial charge in [-0.2, -0.15) is 13.2 Å². The predicted octanol–water partition coefficient (Wildman–Crippen LogP) is 5.34. The second kappa shape index (κ2) is 5.30. The topological polar surface area (TPSA) is 17.1 Å². The lowest BCUT2D eigenvalue weighted by Crippen LogP contribution is -2.05. The highest BCUT2D eigenvalue weighted by atomic mass is 19.4. The average molecular weight is 300 g/mol.